The van der Waals surface area contributed by atoms with Gasteiger partial charge in [-0.25, -0.2) is 0 Å². The molecule has 1 aromatic rings. The van der Waals surface area contributed by atoms with Gasteiger partial charge < -0.3 is 15.8 Å². The van der Waals surface area contributed by atoms with Crippen molar-refractivity contribution in [3.05, 3.63) is 0 Å². The summed E-state index contributed by atoms with van der Waals surface area (Å²) < 4.78 is 9.26. The molecule has 5 heteroatoms. The lowest BCUT2D eigenvalue weighted by Crippen LogP contribution is -2.10. The molecule has 4 nitrogen and oxygen atoms in total. The summed E-state index contributed by atoms with van der Waals surface area (Å²) in [5.74, 6) is 1.98. The van der Waals surface area contributed by atoms with Gasteiger partial charge in [-0.2, -0.15) is 4.37 Å². The fourth-order valence-electron chi connectivity index (χ4n) is 2.06. The highest BCUT2D eigenvalue weighted by atomic mass is 32.1. The largest absolute Gasteiger partial charge is 0.490 e. The molecule has 0 amide bonds. The third kappa shape index (κ3) is 2.34. The first-order chi connectivity index (χ1) is 7.31. The predicted molar refractivity (Wildman–Crippen MR) is 63.5 cm³/mol. The lowest BCUT2D eigenvalue weighted by molar-refractivity contribution is 0.419. The summed E-state index contributed by atoms with van der Waals surface area (Å²) in [6.45, 7) is 1.01. The van der Waals surface area contributed by atoms with Crippen molar-refractivity contribution >= 4 is 22.4 Å². The smallest absolute Gasteiger partial charge is 0.197 e. The first-order valence-electron chi connectivity index (χ1n) is 5.34. The van der Waals surface area contributed by atoms with E-state index in [4.69, 9.17) is 10.5 Å². The molecule has 1 aliphatic rings. The molecule has 2 rings (SSSR count). The summed E-state index contributed by atoms with van der Waals surface area (Å²) in [6, 6.07) is 0. The molecule has 0 saturated heterocycles. The van der Waals surface area contributed by atoms with Gasteiger partial charge >= 0.3 is 0 Å². The van der Waals surface area contributed by atoms with E-state index in [-0.39, 0.29) is 0 Å². The molecule has 0 aromatic carbocycles. The summed E-state index contributed by atoms with van der Waals surface area (Å²) >= 11 is 1.37. The second-order valence-corrected chi connectivity index (χ2v) is 4.73. The summed E-state index contributed by atoms with van der Waals surface area (Å²) in [5.41, 5.74) is 5.67. The van der Waals surface area contributed by atoms with Crippen LogP contribution in [0.15, 0.2) is 0 Å². The predicted octanol–water partition coefficient (Wildman–Crippen LogP) is 2.34. The van der Waals surface area contributed by atoms with Gasteiger partial charge in [0.25, 0.3) is 0 Å². The van der Waals surface area contributed by atoms with Crippen molar-refractivity contribution in [2.24, 2.45) is 5.92 Å². The maximum absolute atomic E-state index is 5.67. The van der Waals surface area contributed by atoms with Crippen LogP contribution in [0.4, 0.5) is 10.8 Å². The van der Waals surface area contributed by atoms with Crippen LogP contribution in [0.2, 0.25) is 0 Å². The Hall–Kier alpha value is -0.970. The van der Waals surface area contributed by atoms with Crippen molar-refractivity contribution in [2.75, 3.05) is 24.7 Å². The second kappa shape index (κ2) is 4.70. The summed E-state index contributed by atoms with van der Waals surface area (Å²) in [6.07, 6.45) is 5.41. The van der Waals surface area contributed by atoms with E-state index in [9.17, 15) is 0 Å². The molecular formula is C10H17N3OS. The second-order valence-electron chi connectivity index (χ2n) is 3.96. The highest BCUT2D eigenvalue weighted by Gasteiger charge is 2.17. The van der Waals surface area contributed by atoms with E-state index in [2.05, 4.69) is 9.69 Å². The Bertz CT molecular complexity index is 320. The van der Waals surface area contributed by atoms with E-state index in [1.54, 1.807) is 7.11 Å². The molecule has 0 bridgehead atoms. The Morgan fingerprint density at radius 3 is 2.93 bits per heavy atom. The maximum Gasteiger partial charge on any atom is 0.197 e. The first-order valence-corrected chi connectivity index (χ1v) is 6.11. The number of nitrogens with two attached hydrogens (primary N) is 1. The van der Waals surface area contributed by atoms with Gasteiger partial charge in [-0.3, -0.25) is 0 Å². The zero-order valence-electron chi connectivity index (χ0n) is 8.95. The van der Waals surface area contributed by atoms with Crippen LogP contribution >= 0.6 is 11.5 Å². The van der Waals surface area contributed by atoms with Gasteiger partial charge in [-0.1, -0.05) is 12.8 Å². The Balaban J connectivity index is 1.92. The van der Waals surface area contributed by atoms with Crippen LogP contribution in [-0.4, -0.2) is 18.0 Å². The first kappa shape index (κ1) is 10.5. The van der Waals surface area contributed by atoms with Crippen molar-refractivity contribution in [1.82, 2.24) is 4.37 Å². The van der Waals surface area contributed by atoms with E-state index in [1.165, 1.54) is 37.2 Å². The molecule has 0 aliphatic heterocycles. The van der Waals surface area contributed by atoms with Crippen LogP contribution in [0.1, 0.15) is 25.7 Å². The maximum atomic E-state index is 5.67. The lowest BCUT2D eigenvalue weighted by Gasteiger charge is -2.10. The number of nitrogen functional groups attached to an aromatic ring is 1. The average Bonchev–Trinajstić information content (AvgIpc) is 2.84. The van der Waals surface area contributed by atoms with Gasteiger partial charge in [0.2, 0.25) is 0 Å². The molecule has 0 radical (unpaired) electrons. The van der Waals surface area contributed by atoms with E-state index in [0.717, 1.165) is 17.5 Å². The minimum Gasteiger partial charge on any atom is -0.490 e. The van der Waals surface area contributed by atoms with Crippen molar-refractivity contribution < 1.29 is 4.74 Å². The molecule has 1 saturated carbocycles. The quantitative estimate of drug-likeness (QED) is 0.829. The highest BCUT2D eigenvalue weighted by Crippen LogP contribution is 2.35. The van der Waals surface area contributed by atoms with E-state index >= 15 is 0 Å². The zero-order chi connectivity index (χ0) is 10.7. The number of nitrogens with one attached hydrogen (secondary N) is 1. The monoisotopic (exact) mass is 227 g/mol. The minimum absolute atomic E-state index is 0.483. The van der Waals surface area contributed by atoms with Gasteiger partial charge in [0.05, 0.1) is 7.11 Å². The Morgan fingerprint density at radius 2 is 2.27 bits per heavy atom. The molecule has 3 N–H and O–H groups in total. The van der Waals surface area contributed by atoms with Gasteiger partial charge in [0.1, 0.15) is 0 Å². The average molecular weight is 227 g/mol. The minimum atomic E-state index is 0.483. The Labute approximate surface area is 94.0 Å². The molecule has 84 valence electrons. The molecule has 0 unspecified atom stereocenters. The van der Waals surface area contributed by atoms with Gasteiger partial charge in [0.15, 0.2) is 16.6 Å². The van der Waals surface area contributed by atoms with Crippen LogP contribution in [0.3, 0.4) is 0 Å². The molecule has 1 aromatic heterocycles. The number of hydrogen-bond donors (Lipinski definition) is 2. The summed E-state index contributed by atoms with van der Waals surface area (Å²) in [7, 11) is 1.63. The normalized spacial score (nSPS) is 16.9. The number of aromatic nitrogens is 1. The summed E-state index contributed by atoms with van der Waals surface area (Å²) in [5, 5.41) is 4.34. The summed E-state index contributed by atoms with van der Waals surface area (Å²) in [4.78, 5) is 0. The molecule has 1 aliphatic carbocycles. The molecule has 15 heavy (non-hydrogen) atoms. The van der Waals surface area contributed by atoms with Crippen LogP contribution in [0.5, 0.6) is 5.75 Å². The number of anilines is 2. The van der Waals surface area contributed by atoms with Crippen LogP contribution < -0.4 is 15.8 Å². The molecule has 1 heterocycles. The fourth-order valence-corrected chi connectivity index (χ4v) is 2.75. The van der Waals surface area contributed by atoms with Crippen molar-refractivity contribution in [2.45, 2.75) is 25.7 Å². The highest BCUT2D eigenvalue weighted by molar-refractivity contribution is 7.11. The number of rotatable bonds is 4. The van der Waals surface area contributed by atoms with Gasteiger partial charge in [-0.05, 0) is 30.3 Å². The van der Waals surface area contributed by atoms with Crippen LogP contribution in [-0.2, 0) is 0 Å². The molecule has 0 atom stereocenters. The van der Waals surface area contributed by atoms with E-state index < -0.39 is 0 Å². The fraction of sp³-hybridized carbons (Fsp3) is 0.700. The van der Waals surface area contributed by atoms with E-state index in [0.29, 0.717) is 11.6 Å². The molecular weight excluding hydrogens is 210 g/mol. The van der Waals surface area contributed by atoms with Crippen molar-refractivity contribution in [1.29, 1.82) is 0 Å². The third-order valence-corrected chi connectivity index (χ3v) is 3.70. The Kier molecular flexibility index (Phi) is 3.30. The number of methoxy groups -OCH3 is 1. The van der Waals surface area contributed by atoms with Gasteiger partial charge in [-0.15, -0.1) is 0 Å². The van der Waals surface area contributed by atoms with Crippen molar-refractivity contribution in [3.8, 4) is 5.75 Å². The number of ether oxygens (including phenoxy) is 1. The Morgan fingerprint density at radius 1 is 1.53 bits per heavy atom. The molecule has 1 fully saturated rings. The van der Waals surface area contributed by atoms with Crippen molar-refractivity contribution in [3.63, 3.8) is 0 Å². The topological polar surface area (TPSA) is 60.2 Å². The van der Waals surface area contributed by atoms with E-state index in [1.807, 2.05) is 0 Å². The number of hydrogen-bond acceptors (Lipinski definition) is 5. The molecule has 0 spiro atoms. The standard InChI is InChI=1S/C10H17N3OS/c1-14-8-9(11)13-15-10(8)12-6-7-4-2-3-5-7/h7,12H,2-6H2,1H3,(H2,11,13). The number of nitrogens with zero attached hydrogens (tertiary/aromatic N) is 1. The SMILES string of the molecule is COc1c(N)nsc1NCC1CCCC1. The van der Waals surface area contributed by atoms with Crippen LogP contribution in [0.25, 0.3) is 0 Å². The zero-order valence-corrected chi connectivity index (χ0v) is 9.77. The van der Waals surface area contributed by atoms with Gasteiger partial charge in [0, 0.05) is 6.54 Å². The third-order valence-electron chi connectivity index (χ3n) is 2.90. The lowest BCUT2D eigenvalue weighted by atomic mass is 10.1. The van der Waals surface area contributed by atoms with Crippen LogP contribution in [0, 0.1) is 5.92 Å².